The summed E-state index contributed by atoms with van der Waals surface area (Å²) in [7, 11) is 1.60. The highest BCUT2D eigenvalue weighted by Crippen LogP contribution is 2.20. The minimum atomic E-state index is -0.0131. The number of nitrogens with zero attached hydrogens (tertiary/aromatic N) is 4. The Morgan fingerprint density at radius 1 is 1.38 bits per heavy atom. The van der Waals surface area contributed by atoms with E-state index in [1.54, 1.807) is 11.7 Å². The molecule has 3 rings (SSSR count). The molecule has 8 nitrogen and oxygen atoms in total. The smallest absolute Gasteiger partial charge is 0.272 e. The molecule has 1 amide bonds. The third-order valence-electron chi connectivity index (χ3n) is 4.16. The highest BCUT2D eigenvalue weighted by Gasteiger charge is 2.17. The van der Waals surface area contributed by atoms with Crippen molar-refractivity contribution < 1.29 is 9.53 Å². The first-order valence-corrected chi connectivity index (χ1v) is 9.65. The fourth-order valence-electron chi connectivity index (χ4n) is 2.96. The summed E-state index contributed by atoms with van der Waals surface area (Å²) < 4.78 is 9.26. The SMILES string of the molecule is CCCn1c(=O)c2sccc2n2c(CCCC(=O)NCCOC)nnc12. The minimum absolute atomic E-state index is 0.000516. The lowest BCUT2D eigenvalue weighted by molar-refractivity contribution is -0.121. The molecule has 0 saturated carbocycles. The first-order chi connectivity index (χ1) is 12.7. The van der Waals surface area contributed by atoms with Gasteiger partial charge in [-0.05, 0) is 24.3 Å². The molecular formula is C17H23N5O3S. The van der Waals surface area contributed by atoms with Crippen LogP contribution < -0.4 is 10.9 Å². The lowest BCUT2D eigenvalue weighted by Gasteiger charge is -2.08. The van der Waals surface area contributed by atoms with Crippen molar-refractivity contribution in [3.05, 3.63) is 27.6 Å². The van der Waals surface area contributed by atoms with Crippen LogP contribution in [0.15, 0.2) is 16.2 Å². The highest BCUT2D eigenvalue weighted by molar-refractivity contribution is 7.17. The second-order valence-electron chi connectivity index (χ2n) is 6.04. The molecule has 3 heterocycles. The largest absolute Gasteiger partial charge is 0.383 e. The molecule has 0 unspecified atom stereocenters. The zero-order chi connectivity index (χ0) is 18.5. The molecule has 26 heavy (non-hydrogen) atoms. The van der Waals surface area contributed by atoms with E-state index in [-0.39, 0.29) is 11.5 Å². The quantitative estimate of drug-likeness (QED) is 0.572. The van der Waals surface area contributed by atoms with Crippen molar-refractivity contribution in [3.63, 3.8) is 0 Å². The van der Waals surface area contributed by atoms with Gasteiger partial charge in [0.2, 0.25) is 11.7 Å². The van der Waals surface area contributed by atoms with E-state index in [2.05, 4.69) is 15.5 Å². The molecule has 0 aliphatic carbocycles. The van der Waals surface area contributed by atoms with E-state index in [1.165, 1.54) is 11.3 Å². The monoisotopic (exact) mass is 377 g/mol. The second kappa shape index (κ2) is 8.41. The molecule has 0 bridgehead atoms. The molecule has 0 aliphatic heterocycles. The maximum absolute atomic E-state index is 12.7. The van der Waals surface area contributed by atoms with Crippen molar-refractivity contribution in [2.75, 3.05) is 20.3 Å². The van der Waals surface area contributed by atoms with Crippen molar-refractivity contribution in [3.8, 4) is 0 Å². The lowest BCUT2D eigenvalue weighted by Crippen LogP contribution is -2.26. The number of hydrogen-bond donors (Lipinski definition) is 1. The number of rotatable bonds is 9. The number of nitrogens with one attached hydrogen (secondary N) is 1. The summed E-state index contributed by atoms with van der Waals surface area (Å²) in [5, 5.41) is 13.3. The summed E-state index contributed by atoms with van der Waals surface area (Å²) in [5.74, 6) is 1.35. The van der Waals surface area contributed by atoms with Crippen molar-refractivity contribution in [2.24, 2.45) is 0 Å². The summed E-state index contributed by atoms with van der Waals surface area (Å²) in [6.45, 7) is 3.66. The Bertz CT molecular complexity index is 959. The average molecular weight is 377 g/mol. The molecule has 3 aromatic rings. The maximum Gasteiger partial charge on any atom is 0.272 e. The Hall–Kier alpha value is -2.26. The van der Waals surface area contributed by atoms with Gasteiger partial charge in [0.1, 0.15) is 10.5 Å². The van der Waals surface area contributed by atoms with Crippen LogP contribution in [0, 0.1) is 0 Å². The predicted octanol–water partition coefficient (Wildman–Crippen LogP) is 1.60. The van der Waals surface area contributed by atoms with Crippen LogP contribution in [0.4, 0.5) is 0 Å². The van der Waals surface area contributed by atoms with Gasteiger partial charge in [-0.3, -0.25) is 18.6 Å². The fraction of sp³-hybridized carbons (Fsp3) is 0.529. The number of ether oxygens (including phenoxy) is 1. The summed E-state index contributed by atoms with van der Waals surface area (Å²) >= 11 is 1.44. The molecule has 0 atom stereocenters. The van der Waals surface area contributed by atoms with Gasteiger partial charge in [-0.2, -0.15) is 0 Å². The second-order valence-corrected chi connectivity index (χ2v) is 6.96. The molecule has 3 aromatic heterocycles. The number of aryl methyl sites for hydroxylation is 2. The van der Waals surface area contributed by atoms with Crippen LogP contribution in [0.5, 0.6) is 0 Å². The van der Waals surface area contributed by atoms with Gasteiger partial charge in [0.15, 0.2) is 0 Å². The predicted molar refractivity (Wildman–Crippen MR) is 101 cm³/mol. The number of fused-ring (bicyclic) bond motifs is 3. The zero-order valence-electron chi connectivity index (χ0n) is 15.0. The number of carbonyl (C=O) groups is 1. The van der Waals surface area contributed by atoms with Gasteiger partial charge in [0.25, 0.3) is 5.56 Å². The van der Waals surface area contributed by atoms with Crippen LogP contribution in [0.3, 0.4) is 0 Å². The Kier molecular flexibility index (Phi) is 6.00. The Balaban J connectivity index is 1.82. The van der Waals surface area contributed by atoms with Crippen molar-refractivity contribution in [2.45, 2.75) is 39.2 Å². The summed E-state index contributed by atoms with van der Waals surface area (Å²) in [5.41, 5.74) is 0.827. The Morgan fingerprint density at radius 3 is 3.00 bits per heavy atom. The number of methoxy groups -OCH3 is 1. The first-order valence-electron chi connectivity index (χ1n) is 8.77. The van der Waals surface area contributed by atoms with E-state index >= 15 is 0 Å². The van der Waals surface area contributed by atoms with Crippen LogP contribution in [-0.4, -0.2) is 45.3 Å². The molecular weight excluding hydrogens is 354 g/mol. The molecule has 0 aliphatic rings. The summed E-state index contributed by atoms with van der Waals surface area (Å²) in [6, 6.07) is 1.93. The molecule has 0 saturated heterocycles. The van der Waals surface area contributed by atoms with E-state index in [1.807, 2.05) is 22.8 Å². The molecule has 0 fully saturated rings. The minimum Gasteiger partial charge on any atom is -0.383 e. The van der Waals surface area contributed by atoms with Gasteiger partial charge in [0, 0.05) is 33.0 Å². The molecule has 140 valence electrons. The van der Waals surface area contributed by atoms with Crippen LogP contribution in [0.2, 0.25) is 0 Å². The number of amides is 1. The van der Waals surface area contributed by atoms with Crippen LogP contribution >= 0.6 is 11.3 Å². The molecule has 9 heteroatoms. The Labute approximate surface area is 154 Å². The van der Waals surface area contributed by atoms with Crippen molar-refractivity contribution in [1.82, 2.24) is 24.5 Å². The number of thiophene rings is 1. The number of carbonyl (C=O) groups excluding carboxylic acids is 1. The molecule has 0 aromatic carbocycles. The first kappa shape index (κ1) is 18.5. The molecule has 0 radical (unpaired) electrons. The van der Waals surface area contributed by atoms with Gasteiger partial charge in [-0.25, -0.2) is 0 Å². The zero-order valence-corrected chi connectivity index (χ0v) is 15.8. The topological polar surface area (TPSA) is 90.5 Å². The van der Waals surface area contributed by atoms with E-state index in [0.717, 1.165) is 17.8 Å². The third-order valence-corrected chi connectivity index (χ3v) is 5.05. The van der Waals surface area contributed by atoms with E-state index in [0.29, 0.717) is 49.4 Å². The van der Waals surface area contributed by atoms with Gasteiger partial charge in [-0.1, -0.05) is 6.92 Å². The van der Waals surface area contributed by atoms with Crippen LogP contribution in [0.1, 0.15) is 32.0 Å². The van der Waals surface area contributed by atoms with Gasteiger partial charge in [-0.15, -0.1) is 21.5 Å². The fourth-order valence-corrected chi connectivity index (χ4v) is 3.78. The molecule has 1 N–H and O–H groups in total. The van der Waals surface area contributed by atoms with Crippen LogP contribution in [0.25, 0.3) is 16.0 Å². The average Bonchev–Trinajstić information content (AvgIpc) is 3.26. The maximum atomic E-state index is 12.7. The van der Waals surface area contributed by atoms with Gasteiger partial charge in [0.05, 0.1) is 12.1 Å². The normalized spacial score (nSPS) is 11.5. The van der Waals surface area contributed by atoms with Crippen molar-refractivity contribution in [1.29, 1.82) is 0 Å². The number of aromatic nitrogens is 4. The summed E-state index contributed by atoms with van der Waals surface area (Å²) in [6.07, 6.45) is 2.54. The van der Waals surface area contributed by atoms with Crippen LogP contribution in [-0.2, 0) is 22.5 Å². The highest BCUT2D eigenvalue weighted by atomic mass is 32.1. The van der Waals surface area contributed by atoms with E-state index in [9.17, 15) is 9.59 Å². The van der Waals surface area contributed by atoms with E-state index in [4.69, 9.17) is 4.74 Å². The van der Waals surface area contributed by atoms with Gasteiger partial charge >= 0.3 is 0 Å². The van der Waals surface area contributed by atoms with Crippen molar-refractivity contribution >= 4 is 33.2 Å². The Morgan fingerprint density at radius 2 is 2.23 bits per heavy atom. The standard InChI is InChI=1S/C17H23N5O3S/c1-3-9-21-16(24)15-12(7-11-26-15)22-13(19-20-17(21)22)5-4-6-14(23)18-8-10-25-2/h7,11H,3-6,8-10H2,1-2H3,(H,18,23). The summed E-state index contributed by atoms with van der Waals surface area (Å²) in [4.78, 5) is 24.5. The lowest BCUT2D eigenvalue weighted by atomic mass is 10.2. The molecule has 0 spiro atoms. The van der Waals surface area contributed by atoms with Gasteiger partial charge < -0.3 is 10.1 Å². The van der Waals surface area contributed by atoms with E-state index < -0.39 is 0 Å². The number of hydrogen-bond acceptors (Lipinski definition) is 6. The third kappa shape index (κ3) is 3.63.